The zero-order valence-electron chi connectivity index (χ0n) is 73.6. The highest BCUT2D eigenvalue weighted by atomic mass is 35.5. The average Bonchev–Trinajstić information content (AvgIpc) is 1.58. The number of anilines is 7. The first-order chi connectivity index (χ1) is 61.4. The van der Waals surface area contributed by atoms with Gasteiger partial charge in [0.1, 0.15) is 37.6 Å². The zero-order chi connectivity index (χ0) is 93.9. The summed E-state index contributed by atoms with van der Waals surface area (Å²) >= 11 is 28.7. The lowest BCUT2D eigenvalue weighted by Gasteiger charge is -2.36. The second-order valence-corrected chi connectivity index (χ2v) is 41.8. The van der Waals surface area contributed by atoms with Crippen LogP contribution in [0.2, 0.25) is 20.1 Å². The van der Waals surface area contributed by atoms with Crippen LogP contribution in [0.1, 0.15) is 321 Å². The third-order valence-electron chi connectivity index (χ3n) is 23.0. The van der Waals surface area contributed by atoms with E-state index >= 15 is 0 Å². The number of ketones is 1. The van der Waals surface area contributed by atoms with Crippen LogP contribution in [-0.2, 0) is 49.5 Å². The van der Waals surface area contributed by atoms with Crippen molar-refractivity contribution in [2.45, 2.75) is 317 Å². The SMILES string of the molecule is C.C.C.C.C.C.C.C.C.C.CC(C)(C)OC(=O)N1C2CCC1CC(=O)C2.CC(C)(C)OC(=O)N1C2CCC1c1sc(N)c(C(N)=O)c1C2.CC(C)(C)OC(=O)N1C2CCC1c1sc(NC(=O)Nc3ccc(Cl)cc3)c(C(N)=O)c1C2.Cl.Cl.NC(=O)c1c(NC(=O)Nc2ccc(Cl)cc2)sc2c1CC1CCC2N1.NC(=O)c1c(NC(=O)Nc2ccc(Cl)cc2)sc2c1CC1CCC2N1.O=C=Nc1ccc(Cl)cc1. The summed E-state index contributed by atoms with van der Waals surface area (Å²) in [6.07, 6.45) is 13.8. The van der Waals surface area contributed by atoms with Crippen molar-refractivity contribution in [3.8, 4) is 0 Å². The van der Waals surface area contributed by atoms with Crippen LogP contribution in [0.5, 0.6) is 0 Å². The summed E-state index contributed by atoms with van der Waals surface area (Å²) in [5.74, 6) is -1.80. The molecular formula is C100H145Cl6N17O15S4. The molecule has 6 saturated heterocycles. The van der Waals surface area contributed by atoms with Gasteiger partial charge in [0, 0.05) is 118 Å². The number of halogens is 6. The molecule has 10 bridgehead atoms. The van der Waals surface area contributed by atoms with Crippen molar-refractivity contribution >= 4 is 231 Å². The van der Waals surface area contributed by atoms with Gasteiger partial charge >= 0.3 is 36.4 Å². The summed E-state index contributed by atoms with van der Waals surface area (Å²) in [6.45, 7) is 16.7. The third kappa shape index (κ3) is 31.6. The molecule has 786 valence electrons. The van der Waals surface area contributed by atoms with Gasteiger partial charge < -0.3 is 74.4 Å². The molecule has 32 nitrogen and oxygen atoms in total. The smallest absolute Gasteiger partial charge is 0.411 e. The number of carbonyl (C=O) groups excluding carboxylic acids is 12. The molecule has 13 amide bonds. The summed E-state index contributed by atoms with van der Waals surface area (Å²) in [7, 11) is 0. The van der Waals surface area contributed by atoms with Crippen molar-refractivity contribution in [3.63, 3.8) is 0 Å². The Morgan fingerprint density at radius 2 is 0.648 bits per heavy atom. The monoisotopic (exact) mass is 2160 g/mol. The fraction of sp³-hybridized carbons (Fsp3) is 0.480. The van der Waals surface area contributed by atoms with Gasteiger partial charge in [-0.2, -0.15) is 4.99 Å². The zero-order valence-corrected chi connectivity index (χ0v) is 81.5. The first kappa shape index (κ1) is 130. The molecule has 142 heavy (non-hydrogen) atoms. The van der Waals surface area contributed by atoms with Crippen LogP contribution in [-0.4, -0.2) is 140 Å². The first-order valence-electron chi connectivity index (χ1n) is 42.4. The number of primary amides is 4. The van der Waals surface area contributed by atoms with Gasteiger partial charge in [-0.25, -0.2) is 33.6 Å². The van der Waals surface area contributed by atoms with Crippen molar-refractivity contribution in [1.29, 1.82) is 0 Å². The summed E-state index contributed by atoms with van der Waals surface area (Å²) in [5, 5.41) is 27.8. The lowest BCUT2D eigenvalue weighted by atomic mass is 9.97. The topological polar surface area (TPSA) is 481 Å². The Balaban J connectivity index is 0.000000857. The molecule has 14 heterocycles. The predicted octanol–water partition coefficient (Wildman–Crippen LogP) is 26.2. The molecule has 4 aromatic carbocycles. The molecule has 8 aromatic rings. The van der Waals surface area contributed by atoms with Crippen LogP contribution in [0, 0.1) is 0 Å². The van der Waals surface area contributed by atoms with Crippen molar-refractivity contribution in [2.75, 3.05) is 37.6 Å². The van der Waals surface area contributed by atoms with E-state index in [0.717, 1.165) is 119 Å². The lowest BCUT2D eigenvalue weighted by Crippen LogP contribution is -2.48. The number of nitrogens with one attached hydrogen (secondary N) is 8. The Kier molecular flexibility index (Phi) is 49.8. The highest BCUT2D eigenvalue weighted by molar-refractivity contribution is 7.18. The van der Waals surface area contributed by atoms with Gasteiger partial charge in [-0.15, -0.1) is 70.2 Å². The average molecular weight is 2170 g/mol. The number of rotatable bonds is 11. The summed E-state index contributed by atoms with van der Waals surface area (Å²) in [4.78, 5) is 156. The molecule has 10 aliphatic heterocycles. The number of carbonyl (C=O) groups is 11. The largest absolute Gasteiger partial charge is 0.444 e. The molecule has 10 unspecified atom stereocenters. The van der Waals surface area contributed by atoms with Crippen LogP contribution in [0.4, 0.5) is 71.5 Å². The standard InChI is InChI=1S/C22H25ClN4O4S.2C17H17ClN4O2S.C15H21N3O3S.C12H19NO3.C7H4ClNO.10CH4.2ClH/c1-22(2,3)31-21(30)27-13-8-9-15(27)17-14(10-13)16(18(24)28)19(32-17)26-20(29)25-12-6-4-11(23)5-7-12;2*18-8-1-3-9(4-2-8)21-17(24)22-16-13(15(19)23)11-7-10-5-6-12(20-10)14(11)25-16;1-15(2,3)21-14(20)18-7-4-5-9(18)11-8(6-7)10(12(16)19)13(17)22-11;1-12(2,3)16-11(15)13-8-4-5-9(13)7-10(14)6-8;8-6-1-3-7(4-2-6)9-5-10;;;;;;;;;;;;/h4-7,13,15H,8-10H2,1-3H3,(H2,24,28)(H2,25,26,29);2*1-4,10,12,20H,5-7H2,(H2,19,23)(H2,21,22,24);7,9H,4-6,17H2,1-3H3,(H2,16,19);8-9H,4-7H2,1-3H3;1-4H;10*1H4;2*1H. The number of benzene rings is 4. The van der Waals surface area contributed by atoms with Gasteiger partial charge in [-0.05, 0) is 272 Å². The maximum absolute atomic E-state index is 12.8. The van der Waals surface area contributed by atoms with Gasteiger partial charge in [0.25, 0.3) is 23.6 Å². The Bertz CT molecular complexity index is 5580. The van der Waals surface area contributed by atoms with Crippen LogP contribution < -0.4 is 71.2 Å². The number of fused-ring (bicyclic) bond motifs is 18. The molecule has 10 aliphatic rings. The minimum absolute atomic E-state index is 0. The number of ether oxygens (including phenoxy) is 3. The predicted molar refractivity (Wildman–Crippen MR) is 588 cm³/mol. The van der Waals surface area contributed by atoms with E-state index in [9.17, 15) is 57.5 Å². The molecular weight excluding hydrogens is 2020 g/mol. The van der Waals surface area contributed by atoms with E-state index in [4.69, 9.17) is 89.3 Å². The summed E-state index contributed by atoms with van der Waals surface area (Å²) in [6, 6.07) is 26.8. The number of hydrogen-bond acceptors (Lipinski definition) is 23. The molecule has 0 aliphatic carbocycles. The molecule has 0 radical (unpaired) electrons. The Morgan fingerprint density at radius 3 is 0.958 bits per heavy atom. The Hall–Kier alpha value is -10.3. The number of amides is 13. The van der Waals surface area contributed by atoms with E-state index in [1.54, 1.807) is 107 Å². The van der Waals surface area contributed by atoms with Crippen LogP contribution >= 0.6 is 117 Å². The van der Waals surface area contributed by atoms with E-state index < -0.39 is 58.5 Å². The van der Waals surface area contributed by atoms with Gasteiger partial charge in [0.15, 0.2) is 0 Å². The second-order valence-electron chi connectivity index (χ2n) is 35.8. The maximum Gasteiger partial charge on any atom is 0.411 e. The van der Waals surface area contributed by atoms with Gasteiger partial charge in [-0.1, -0.05) is 121 Å². The van der Waals surface area contributed by atoms with Crippen LogP contribution in [0.3, 0.4) is 0 Å². The summed E-state index contributed by atoms with van der Waals surface area (Å²) < 4.78 is 16.5. The van der Waals surface area contributed by atoms with Gasteiger partial charge in [0.05, 0.1) is 45.0 Å². The number of thiophene rings is 4. The molecule has 42 heteroatoms. The van der Waals surface area contributed by atoms with E-state index in [-0.39, 0.29) is 171 Å². The van der Waals surface area contributed by atoms with E-state index in [1.165, 1.54) is 51.4 Å². The molecule has 18 rings (SSSR count). The number of nitrogens with two attached hydrogens (primary N) is 5. The second kappa shape index (κ2) is 54.6. The number of urea groups is 3. The number of piperidine rings is 1. The third-order valence-corrected chi connectivity index (χ3v) is 29.0. The molecule has 4 aromatic heterocycles. The number of nitrogen functional groups attached to an aromatic ring is 1. The maximum atomic E-state index is 12.8. The van der Waals surface area contributed by atoms with Crippen molar-refractivity contribution < 1.29 is 71.7 Å². The number of hydrogen-bond donors (Lipinski definition) is 13. The van der Waals surface area contributed by atoms with Crippen molar-refractivity contribution in [3.05, 3.63) is 181 Å². The minimum Gasteiger partial charge on any atom is -0.444 e. The van der Waals surface area contributed by atoms with Crippen LogP contribution in [0.25, 0.3) is 0 Å². The molecule has 10 atom stereocenters. The highest BCUT2D eigenvalue weighted by Gasteiger charge is 2.51. The van der Waals surface area contributed by atoms with E-state index in [0.29, 0.717) is 123 Å². The van der Waals surface area contributed by atoms with E-state index in [1.807, 2.05) is 67.2 Å². The fourth-order valence-electron chi connectivity index (χ4n) is 17.9. The Morgan fingerprint density at radius 1 is 0.373 bits per heavy atom. The lowest BCUT2D eigenvalue weighted by molar-refractivity contribution is -0.123. The number of nitrogens with zero attached hydrogens (tertiary/aromatic N) is 4. The molecule has 6 fully saturated rings. The highest BCUT2D eigenvalue weighted by Crippen LogP contribution is 2.54. The first-order valence-corrected chi connectivity index (χ1v) is 47.2. The normalized spacial score (nSPS) is 19.2. The van der Waals surface area contributed by atoms with Crippen molar-refractivity contribution in [2.24, 2.45) is 27.9 Å². The minimum atomic E-state index is -0.602. The summed E-state index contributed by atoms with van der Waals surface area (Å²) in [5.41, 5.74) is 34.5. The molecule has 0 saturated carbocycles. The number of aliphatic imine (C=N–C) groups is 1. The number of isocyanates is 1. The van der Waals surface area contributed by atoms with Gasteiger partial charge in [-0.3, -0.25) is 49.7 Å². The van der Waals surface area contributed by atoms with Crippen molar-refractivity contribution in [1.82, 2.24) is 25.3 Å². The van der Waals surface area contributed by atoms with E-state index in [2.05, 4.69) is 47.5 Å². The van der Waals surface area contributed by atoms with Crippen LogP contribution in [0.15, 0.2) is 102 Å². The molecule has 18 N–H and O–H groups in total. The van der Waals surface area contributed by atoms with Gasteiger partial charge in [0.2, 0.25) is 6.08 Å². The number of Topliss-reactive ketones (excluding diaryl/α,β-unsaturated/α-hetero) is 1. The fourth-order valence-corrected chi connectivity index (χ4v) is 23.7. The Labute approximate surface area is 884 Å². The molecule has 0 spiro atoms. The quantitative estimate of drug-likeness (QED) is 0.0325.